The van der Waals surface area contributed by atoms with Gasteiger partial charge in [-0.2, -0.15) is 0 Å². The fraction of sp³-hybridized carbons (Fsp3) is 0.528. The molecule has 14 heteroatoms. The highest BCUT2D eigenvalue weighted by Gasteiger charge is 2.37. The van der Waals surface area contributed by atoms with Gasteiger partial charge in [0.25, 0.3) is 0 Å². The highest BCUT2D eigenvalue weighted by atomic mass is 31.2. The summed E-state index contributed by atoms with van der Waals surface area (Å²) in [4.78, 5) is 23.3. The second-order valence-corrected chi connectivity index (χ2v) is 28.2. The van der Waals surface area contributed by atoms with Gasteiger partial charge in [-0.25, -0.2) is 4.79 Å². The summed E-state index contributed by atoms with van der Waals surface area (Å²) >= 11 is 0. The fourth-order valence-electron chi connectivity index (χ4n) is 9.87. The van der Waals surface area contributed by atoms with Gasteiger partial charge in [0.2, 0.25) is 0 Å². The number of aldehydes is 1. The van der Waals surface area contributed by atoms with Crippen molar-refractivity contribution in [1.29, 1.82) is 0 Å². The van der Waals surface area contributed by atoms with Crippen molar-refractivity contribution in [2.24, 2.45) is 0 Å². The summed E-state index contributed by atoms with van der Waals surface area (Å²) < 4.78 is 64.3. The van der Waals surface area contributed by atoms with E-state index in [-0.39, 0.29) is 10.8 Å². The van der Waals surface area contributed by atoms with Crippen molar-refractivity contribution in [3.8, 4) is 51.4 Å². The first-order valence-electron chi connectivity index (χ1n) is 31.1. The third kappa shape index (κ3) is 19.7. The van der Waals surface area contributed by atoms with E-state index in [2.05, 4.69) is 116 Å². The Morgan fingerprint density at radius 3 is 1.26 bits per heavy atom. The Hall–Kier alpha value is -6.09. The lowest BCUT2D eigenvalue weighted by Gasteiger charge is -2.30. The topological polar surface area (TPSA) is 134 Å². The second kappa shape index (κ2) is 32.8. The molecule has 5 aromatic carbocycles. The highest BCUT2D eigenvalue weighted by Crippen LogP contribution is 2.56. The summed E-state index contributed by atoms with van der Waals surface area (Å²) in [6.07, 6.45) is 24.8. The maximum atomic E-state index is 13.3. The molecule has 1 aliphatic heterocycles. The molecule has 86 heavy (non-hydrogen) atoms. The van der Waals surface area contributed by atoms with E-state index in [1.165, 1.54) is 83.5 Å². The minimum Gasteiger partial charge on any atom is -0.497 e. The molecule has 0 radical (unpaired) electrons. The van der Waals surface area contributed by atoms with Gasteiger partial charge in [-0.15, -0.1) is 0 Å². The van der Waals surface area contributed by atoms with Crippen LogP contribution in [0.4, 0.5) is 0 Å². The van der Waals surface area contributed by atoms with Crippen LogP contribution in [0.1, 0.15) is 233 Å². The number of allylic oxidation sites excluding steroid dienone is 2. The Bertz CT molecular complexity index is 3130. The van der Waals surface area contributed by atoms with Gasteiger partial charge in [-0.05, 0) is 102 Å². The van der Waals surface area contributed by atoms with E-state index in [0.717, 1.165) is 52.2 Å². The van der Waals surface area contributed by atoms with E-state index in [0.29, 0.717) is 68.1 Å². The van der Waals surface area contributed by atoms with Crippen molar-refractivity contribution >= 4 is 51.0 Å². The van der Waals surface area contributed by atoms with Crippen LogP contribution in [0.15, 0.2) is 93.3 Å². The number of hydrogen-bond donors (Lipinski definition) is 0. The zero-order valence-corrected chi connectivity index (χ0v) is 57.3. The molecule has 0 spiro atoms. The lowest BCUT2D eigenvalue weighted by molar-refractivity contribution is -0.107. The first-order valence-corrected chi connectivity index (χ1v) is 33.3. The predicted molar refractivity (Wildman–Crippen MR) is 357 cm³/mol. The molecule has 6 aromatic rings. The normalized spacial score (nSPS) is 13.4. The average Bonchev–Trinajstić information content (AvgIpc) is 1.48. The second-order valence-electron chi connectivity index (χ2n) is 26.2. The monoisotopic (exact) mass is 1220 g/mol. The first-order chi connectivity index (χ1) is 40.8. The molecule has 1 aromatic heterocycles. The number of rotatable bonds is 24. The summed E-state index contributed by atoms with van der Waals surface area (Å²) in [5.41, 5.74) is 4.33. The molecule has 12 nitrogen and oxygen atoms in total. The molecule has 0 bridgehead atoms. The molecule has 0 N–H and O–H groups in total. The largest absolute Gasteiger partial charge is 0.532 e. The summed E-state index contributed by atoms with van der Waals surface area (Å²) in [6.45, 7) is 32.1. The molecule has 472 valence electrons. The number of unbranched alkanes of at least 4 members (excludes halogenated alkanes) is 12. The molecule has 2 heterocycles. The van der Waals surface area contributed by atoms with Crippen molar-refractivity contribution in [2.75, 3.05) is 28.4 Å². The number of methoxy groups -OCH3 is 4. The molecule has 1 aliphatic rings. The van der Waals surface area contributed by atoms with E-state index in [1.54, 1.807) is 52.7 Å². The van der Waals surface area contributed by atoms with E-state index in [9.17, 15) is 9.59 Å². The van der Waals surface area contributed by atoms with Gasteiger partial charge in [0.1, 0.15) is 63.3 Å². The van der Waals surface area contributed by atoms with Gasteiger partial charge < -0.3 is 50.2 Å². The van der Waals surface area contributed by atoms with Crippen LogP contribution in [0, 0.1) is 0 Å². The Morgan fingerprint density at radius 1 is 0.442 bits per heavy atom. The van der Waals surface area contributed by atoms with Crippen LogP contribution in [0.3, 0.4) is 0 Å². The fourth-order valence-corrected chi connectivity index (χ4v) is 12.0. The quantitative estimate of drug-likeness (QED) is 0.0247. The van der Waals surface area contributed by atoms with Crippen LogP contribution < -0.4 is 32.5 Å². The predicted octanol–water partition coefficient (Wildman–Crippen LogP) is 22.5. The van der Waals surface area contributed by atoms with Crippen LogP contribution in [0.25, 0.3) is 33.1 Å². The van der Waals surface area contributed by atoms with E-state index in [1.807, 2.05) is 48.5 Å². The molecule has 7 rings (SSSR count). The lowest BCUT2D eigenvalue weighted by Crippen LogP contribution is -2.18. The van der Waals surface area contributed by atoms with E-state index >= 15 is 0 Å². The summed E-state index contributed by atoms with van der Waals surface area (Å²) in [6, 6.07) is 22.6. The zero-order valence-electron chi connectivity index (χ0n) is 55.6. The standard InChI is InChI=1S/C51H60O11P2.C11H22O.C10H20/c1-48(2,3)38-25-29(53-13)21-34(43(38)58-63-57-42-20-18-17-19-33(42)47(52)62-63)35-22-30(54-14)26-39(49(4,5)6)44(35)59-64-60-45-36(23-31(55-15)27-40(45)50(7,8)9)37-24-32(56-16)28-41(46(37)61-64)51(10,11)12;1-2-3-4-5-6-7-8-9-10-11-12;1-3-5-7-9-10-8-6-4-2/h17-28H,1-16H3;11H,2-10H2,1H3;9-10H,3-8H2,1-2H3/b;;10-9+. The van der Waals surface area contributed by atoms with Crippen molar-refractivity contribution in [2.45, 2.75) is 222 Å². The van der Waals surface area contributed by atoms with Crippen molar-refractivity contribution in [3.05, 3.63) is 113 Å². The number of carbonyl (C=O) groups excluding carboxylic acids is 2. The molecule has 0 amide bonds. The highest BCUT2D eigenvalue weighted by molar-refractivity contribution is 7.43. The van der Waals surface area contributed by atoms with Crippen LogP contribution >= 0.6 is 16.8 Å². The van der Waals surface area contributed by atoms with E-state index < -0.39 is 33.6 Å². The maximum absolute atomic E-state index is 13.3. The molecule has 0 aliphatic carbocycles. The SMILES string of the molecule is CCCC/C=C/CCCC.CCCCCCCCCCC=O.COc1cc(-c2cc(OC)cc(C(C)(C)C)c2Op2oc3c(C(C)(C)C)cc(OC)cc3c3cc(OC)cc(C(C)(C)C)c3o2)c(OP2OC(=O)c3ccccc3O2)c(C(C)(C)C)c1. The Balaban J connectivity index is 0.000000517. The number of para-hydroxylation sites is 1. The van der Waals surface area contributed by atoms with Gasteiger partial charge >= 0.3 is 22.8 Å². The number of hydrogen-bond acceptors (Lipinski definition) is 12. The zero-order chi connectivity index (χ0) is 63.4. The van der Waals surface area contributed by atoms with Gasteiger partial charge in [0.15, 0.2) is 0 Å². The molecular formula is C72H102O12P2. The third-order valence-electron chi connectivity index (χ3n) is 14.9. The van der Waals surface area contributed by atoms with Gasteiger partial charge in [-0.3, -0.25) is 0 Å². The number of fused-ring (bicyclic) bond motifs is 4. The third-order valence-corrected chi connectivity index (χ3v) is 16.9. The lowest BCUT2D eigenvalue weighted by atomic mass is 9.81. The molecule has 0 saturated heterocycles. The summed E-state index contributed by atoms with van der Waals surface area (Å²) in [5, 5.41) is 1.57. The smallest absolute Gasteiger partial charge is 0.497 e. The van der Waals surface area contributed by atoms with Crippen LogP contribution in [-0.4, -0.2) is 40.7 Å². The van der Waals surface area contributed by atoms with Crippen molar-refractivity contribution in [1.82, 2.24) is 0 Å². The molecule has 1 unspecified atom stereocenters. The number of carbonyl (C=O) groups is 2. The average molecular weight is 1220 g/mol. The van der Waals surface area contributed by atoms with E-state index in [4.69, 9.17) is 45.4 Å². The Morgan fingerprint density at radius 2 is 0.837 bits per heavy atom. The minimum absolute atomic E-state index is 0.323. The molecular weight excluding hydrogens is 1120 g/mol. The summed E-state index contributed by atoms with van der Waals surface area (Å²) in [5.74, 6) is 3.23. The molecule has 0 fully saturated rings. The van der Waals surface area contributed by atoms with Crippen LogP contribution in [-0.2, 0) is 31.0 Å². The number of benzene rings is 5. The molecule has 1 atom stereocenters. The van der Waals surface area contributed by atoms with Crippen molar-refractivity contribution < 1.29 is 55.0 Å². The Labute approximate surface area is 518 Å². The van der Waals surface area contributed by atoms with Gasteiger partial charge in [0, 0.05) is 50.6 Å². The van der Waals surface area contributed by atoms with Crippen LogP contribution in [0.5, 0.6) is 40.2 Å². The number of ether oxygens (including phenoxy) is 4. The Kier molecular flexibility index (Phi) is 26.9. The maximum Gasteiger partial charge on any atom is 0.532 e. The summed E-state index contributed by atoms with van der Waals surface area (Å²) in [7, 11) is 2.05. The van der Waals surface area contributed by atoms with Gasteiger partial charge in [-0.1, -0.05) is 199 Å². The van der Waals surface area contributed by atoms with Crippen LogP contribution in [0.2, 0.25) is 0 Å². The van der Waals surface area contributed by atoms with Gasteiger partial charge in [0.05, 0.1) is 28.4 Å². The minimum atomic E-state index is -2.27. The molecule has 0 saturated carbocycles. The van der Waals surface area contributed by atoms with Crippen molar-refractivity contribution in [3.63, 3.8) is 0 Å². The first kappa shape index (κ1) is 70.7.